The van der Waals surface area contributed by atoms with E-state index in [4.69, 9.17) is 41.5 Å². The van der Waals surface area contributed by atoms with Crippen molar-refractivity contribution in [3.63, 3.8) is 0 Å². The van der Waals surface area contributed by atoms with Gasteiger partial charge in [0.1, 0.15) is 33.1 Å². The first-order valence-corrected chi connectivity index (χ1v) is 18.1. The summed E-state index contributed by atoms with van der Waals surface area (Å²) in [6.07, 6.45) is 6.10. The Hall–Kier alpha value is -3.15. The van der Waals surface area contributed by atoms with Gasteiger partial charge < -0.3 is 24.0 Å². The zero-order valence-electron chi connectivity index (χ0n) is 27.7. The fraction of sp³-hybridized carbons (Fsp3) is 0.529. The lowest BCUT2D eigenvalue weighted by molar-refractivity contribution is -0.143. The quantitative estimate of drug-likeness (QED) is 0.352. The van der Waals surface area contributed by atoms with Crippen LogP contribution >= 0.6 is 11.6 Å². The van der Waals surface area contributed by atoms with E-state index in [2.05, 4.69) is 15.7 Å². The van der Waals surface area contributed by atoms with Crippen LogP contribution < -0.4 is 14.4 Å². The summed E-state index contributed by atoms with van der Waals surface area (Å²) >= 11 is 6.41. The second-order valence-electron chi connectivity index (χ2n) is 14.2. The summed E-state index contributed by atoms with van der Waals surface area (Å²) in [4.78, 5) is 29.6. The normalized spacial score (nSPS) is 29.5. The number of amides is 2. The Morgan fingerprint density at radius 2 is 1.92 bits per heavy atom. The maximum Gasteiger partial charge on any atom is 0.409 e. The molecule has 1 saturated carbocycles. The molecule has 252 valence electrons. The Morgan fingerprint density at radius 1 is 1.15 bits per heavy atom. The predicted octanol–water partition coefficient (Wildman–Crippen LogP) is 4.07. The molecule has 2 amide bonds. The van der Waals surface area contributed by atoms with Crippen LogP contribution in [0.1, 0.15) is 50.7 Å². The molecule has 1 spiro atoms. The molecular formula is C34H40B2ClN3O7S. The molecule has 2 heterocycles. The summed E-state index contributed by atoms with van der Waals surface area (Å²) in [5, 5.41) is -1.31. The van der Waals surface area contributed by atoms with Crippen molar-refractivity contribution in [1.29, 1.82) is 0 Å². The van der Waals surface area contributed by atoms with Gasteiger partial charge >= 0.3 is 6.09 Å². The average Bonchev–Trinajstić information content (AvgIpc) is 3.13. The first-order chi connectivity index (χ1) is 22.5. The third-order valence-corrected chi connectivity index (χ3v) is 11.6. The molecule has 1 fully saturated rings. The molecule has 1 N–H and O–H groups in total. The SMILES string of the molecule is [B]C1([B])/C=C/[C@H](OC(=O)N(C)C)[C@@H]2CC[C@H]2CN2C[C@@]3(CCCc4cc(Cl)ccc43)COc3ccc(cc32)S(=O)(=O)NC(=O)C(C)(C)O1. The molecule has 14 heteroatoms. The van der Waals surface area contributed by atoms with Crippen LogP contribution in [0.5, 0.6) is 5.75 Å². The first-order valence-electron chi connectivity index (χ1n) is 16.2. The van der Waals surface area contributed by atoms with Crippen molar-refractivity contribution in [2.45, 2.75) is 73.4 Å². The lowest BCUT2D eigenvalue weighted by Crippen LogP contribution is -2.52. The fourth-order valence-corrected chi connectivity index (χ4v) is 8.68. The Morgan fingerprint density at radius 3 is 2.62 bits per heavy atom. The molecule has 4 aliphatic rings. The van der Waals surface area contributed by atoms with E-state index >= 15 is 0 Å². The molecule has 4 radical (unpaired) electrons. The molecule has 2 bridgehead atoms. The lowest BCUT2D eigenvalue weighted by atomic mass is 9.63. The number of sulfonamides is 1. The number of ether oxygens (including phenoxy) is 3. The zero-order chi connectivity index (χ0) is 34.6. The molecule has 2 aromatic rings. The average molecular weight is 692 g/mol. The molecule has 0 saturated heterocycles. The number of carbonyl (C=O) groups excluding carboxylic acids is 2. The number of anilines is 1. The minimum Gasteiger partial charge on any atom is -0.490 e. The van der Waals surface area contributed by atoms with E-state index in [0.29, 0.717) is 36.2 Å². The summed E-state index contributed by atoms with van der Waals surface area (Å²) in [6, 6.07) is 10.6. The molecular weight excluding hydrogens is 652 g/mol. The van der Waals surface area contributed by atoms with Crippen LogP contribution in [-0.2, 0) is 36.1 Å². The molecule has 48 heavy (non-hydrogen) atoms. The van der Waals surface area contributed by atoms with Gasteiger partial charge in [-0.05, 0) is 99.4 Å². The molecule has 4 atom stereocenters. The second kappa shape index (κ2) is 12.6. The van der Waals surface area contributed by atoms with Crippen LogP contribution in [0.2, 0.25) is 5.02 Å². The second-order valence-corrected chi connectivity index (χ2v) is 16.4. The van der Waals surface area contributed by atoms with Crippen molar-refractivity contribution in [3.8, 4) is 5.75 Å². The first kappa shape index (κ1) is 34.7. The fourth-order valence-electron chi connectivity index (χ4n) is 7.36. The number of fused-ring (bicyclic) bond motifs is 4. The van der Waals surface area contributed by atoms with Crippen LogP contribution in [0, 0.1) is 11.8 Å². The van der Waals surface area contributed by atoms with Gasteiger partial charge in [0, 0.05) is 48.9 Å². The highest BCUT2D eigenvalue weighted by molar-refractivity contribution is 7.90. The Kier molecular flexibility index (Phi) is 9.13. The highest BCUT2D eigenvalue weighted by atomic mass is 35.5. The van der Waals surface area contributed by atoms with Crippen molar-refractivity contribution in [3.05, 3.63) is 64.7 Å². The van der Waals surface area contributed by atoms with Crippen LogP contribution in [0.3, 0.4) is 0 Å². The van der Waals surface area contributed by atoms with E-state index in [-0.39, 0.29) is 22.1 Å². The number of benzene rings is 2. The monoisotopic (exact) mass is 691 g/mol. The summed E-state index contributed by atoms with van der Waals surface area (Å²) in [7, 11) is 11.4. The smallest absolute Gasteiger partial charge is 0.409 e. The highest BCUT2D eigenvalue weighted by Gasteiger charge is 2.46. The third-order valence-electron chi connectivity index (χ3n) is 10.0. The van der Waals surface area contributed by atoms with Crippen molar-refractivity contribution in [2.24, 2.45) is 11.8 Å². The zero-order valence-corrected chi connectivity index (χ0v) is 29.3. The van der Waals surface area contributed by atoms with Gasteiger partial charge in [-0.15, -0.1) is 0 Å². The summed E-state index contributed by atoms with van der Waals surface area (Å²) < 4.78 is 47.7. The summed E-state index contributed by atoms with van der Waals surface area (Å²) in [6.45, 7) is 4.23. The van der Waals surface area contributed by atoms with Gasteiger partial charge in [0.05, 0.1) is 17.2 Å². The Bertz CT molecular complexity index is 1750. The van der Waals surface area contributed by atoms with Gasteiger partial charge in [-0.3, -0.25) is 4.79 Å². The molecule has 0 unspecified atom stereocenters. The molecule has 6 rings (SSSR count). The topological polar surface area (TPSA) is 114 Å². The van der Waals surface area contributed by atoms with Gasteiger partial charge in [0.2, 0.25) is 0 Å². The van der Waals surface area contributed by atoms with Gasteiger partial charge in [-0.1, -0.05) is 23.7 Å². The van der Waals surface area contributed by atoms with Crippen molar-refractivity contribution in [2.75, 3.05) is 38.7 Å². The number of carbonyl (C=O) groups is 2. The van der Waals surface area contributed by atoms with E-state index in [0.717, 1.165) is 32.1 Å². The van der Waals surface area contributed by atoms with Crippen molar-refractivity contribution >= 4 is 55.0 Å². The summed E-state index contributed by atoms with van der Waals surface area (Å²) in [5.41, 5.74) is 0.812. The third kappa shape index (κ3) is 6.83. The molecule has 10 nitrogen and oxygen atoms in total. The Balaban J connectivity index is 1.46. The van der Waals surface area contributed by atoms with Gasteiger partial charge in [0.15, 0.2) is 0 Å². The van der Waals surface area contributed by atoms with Gasteiger partial charge in [0.25, 0.3) is 15.9 Å². The number of nitrogens with zero attached hydrogens (tertiary/aromatic N) is 2. The predicted molar refractivity (Wildman–Crippen MR) is 184 cm³/mol. The van der Waals surface area contributed by atoms with E-state index in [1.54, 1.807) is 32.3 Å². The van der Waals surface area contributed by atoms with Gasteiger partial charge in [-0.2, -0.15) is 0 Å². The number of hydrogen-bond acceptors (Lipinski definition) is 8. The van der Waals surface area contributed by atoms with Crippen LogP contribution in [-0.4, -0.2) is 91.9 Å². The number of hydrogen-bond donors (Lipinski definition) is 1. The lowest BCUT2D eigenvalue weighted by Gasteiger charge is -2.46. The van der Waals surface area contributed by atoms with Crippen LogP contribution in [0.15, 0.2) is 53.4 Å². The maximum atomic E-state index is 13.7. The number of halogens is 1. The standard InChI is InChI=1S/C34H40B2ClN3O7S/c1-32(2)30(41)38-48(43,44)24-9-12-29-27(17-24)40(19-33(20-45-29)14-5-6-21-16-23(37)8-11-26(21)33)18-22-7-10-25(22)28(46-31(42)39(3)4)13-15-34(35,36)47-32/h8-9,11-13,15-17,22,25,28H,5-7,10,14,18-20H2,1-4H3,(H,38,41)/b15-13+/t22-,25+,28-,33-/m0/s1. The van der Waals surface area contributed by atoms with E-state index < -0.39 is 39.1 Å². The van der Waals surface area contributed by atoms with Gasteiger partial charge in [-0.25, -0.2) is 17.9 Å². The van der Waals surface area contributed by atoms with Crippen LogP contribution in [0.25, 0.3) is 0 Å². The van der Waals surface area contributed by atoms with Crippen LogP contribution in [0.4, 0.5) is 10.5 Å². The molecule has 2 aromatic carbocycles. The number of nitrogens with one attached hydrogen (secondary N) is 1. The maximum absolute atomic E-state index is 13.7. The van der Waals surface area contributed by atoms with Crippen molar-refractivity contribution in [1.82, 2.24) is 9.62 Å². The molecule has 2 aliphatic heterocycles. The minimum absolute atomic E-state index is 0.0565. The van der Waals surface area contributed by atoms with E-state index in [1.165, 1.54) is 42.0 Å². The summed E-state index contributed by atoms with van der Waals surface area (Å²) in [5.74, 6) is -0.457. The minimum atomic E-state index is -4.35. The number of aryl methyl sites for hydroxylation is 1. The number of rotatable bonds is 1. The van der Waals surface area contributed by atoms with Crippen molar-refractivity contribution < 1.29 is 32.2 Å². The Labute approximate surface area is 290 Å². The largest absolute Gasteiger partial charge is 0.490 e. The molecule has 2 aliphatic carbocycles. The van der Waals surface area contributed by atoms with E-state index in [1.807, 2.05) is 12.1 Å². The van der Waals surface area contributed by atoms with E-state index in [9.17, 15) is 18.0 Å². The highest BCUT2D eigenvalue weighted by Crippen LogP contribution is 2.47. The molecule has 0 aromatic heterocycles.